The maximum atomic E-state index is 11.6. The molecule has 0 saturated carbocycles. The Morgan fingerprint density at radius 3 is 3.06 bits per heavy atom. The predicted octanol–water partition coefficient (Wildman–Crippen LogP) is 2.15. The molecule has 0 spiro atoms. The van der Waals surface area contributed by atoms with Gasteiger partial charge in [0.15, 0.2) is 0 Å². The molecular formula is C14H15NO2. The number of hydrogen-bond acceptors (Lipinski definition) is 3. The van der Waals surface area contributed by atoms with E-state index in [1.54, 1.807) is 0 Å². The van der Waals surface area contributed by atoms with Crippen LogP contribution >= 0.6 is 0 Å². The summed E-state index contributed by atoms with van der Waals surface area (Å²) in [4.78, 5) is 13.8. The molecule has 3 rings (SSSR count). The minimum Gasteiger partial charge on any atom is -0.466 e. The van der Waals surface area contributed by atoms with Gasteiger partial charge in [-0.1, -0.05) is 24.3 Å². The van der Waals surface area contributed by atoms with Gasteiger partial charge < -0.3 is 9.64 Å². The van der Waals surface area contributed by atoms with Crippen LogP contribution in [0.4, 0.5) is 0 Å². The van der Waals surface area contributed by atoms with Crippen molar-refractivity contribution in [2.24, 2.45) is 5.92 Å². The summed E-state index contributed by atoms with van der Waals surface area (Å²) in [5.74, 6) is 0.230. The molecule has 0 aromatic heterocycles. The molecule has 0 radical (unpaired) electrons. The zero-order chi connectivity index (χ0) is 11.8. The van der Waals surface area contributed by atoms with Crippen LogP contribution in [-0.4, -0.2) is 24.5 Å². The summed E-state index contributed by atoms with van der Waals surface area (Å²) in [5.41, 5.74) is 3.43. The Morgan fingerprint density at radius 2 is 2.24 bits per heavy atom. The number of allylic oxidation sites excluding steroid dienone is 5. The second-order valence-corrected chi connectivity index (χ2v) is 4.58. The number of nitrogens with zero attached hydrogens (tertiary/aromatic N) is 1. The second kappa shape index (κ2) is 3.91. The number of carbonyl (C=O) groups excluding carboxylic acids is 1. The Kier molecular flexibility index (Phi) is 2.39. The van der Waals surface area contributed by atoms with Crippen molar-refractivity contribution in [2.75, 3.05) is 13.7 Å². The minimum atomic E-state index is -0.199. The second-order valence-electron chi connectivity index (χ2n) is 4.58. The van der Waals surface area contributed by atoms with Gasteiger partial charge in [-0.05, 0) is 18.4 Å². The summed E-state index contributed by atoms with van der Waals surface area (Å²) < 4.78 is 4.82. The Morgan fingerprint density at radius 1 is 1.41 bits per heavy atom. The van der Waals surface area contributed by atoms with Gasteiger partial charge in [-0.15, -0.1) is 0 Å². The SMILES string of the molecule is COC(=O)C1=CN2CC=CC3=C2C(CC=C3)C1. The van der Waals surface area contributed by atoms with E-state index in [0.29, 0.717) is 5.92 Å². The third kappa shape index (κ3) is 1.62. The van der Waals surface area contributed by atoms with Crippen molar-refractivity contribution in [3.63, 3.8) is 0 Å². The highest BCUT2D eigenvalue weighted by molar-refractivity contribution is 5.88. The highest BCUT2D eigenvalue weighted by atomic mass is 16.5. The van der Waals surface area contributed by atoms with E-state index >= 15 is 0 Å². The first-order chi connectivity index (χ1) is 8.29. The molecule has 0 fully saturated rings. The number of rotatable bonds is 1. The maximum absolute atomic E-state index is 11.6. The van der Waals surface area contributed by atoms with Gasteiger partial charge in [0.05, 0.1) is 12.7 Å². The van der Waals surface area contributed by atoms with Gasteiger partial charge in [0.2, 0.25) is 0 Å². The molecule has 1 atom stereocenters. The Hall–Kier alpha value is -1.77. The lowest BCUT2D eigenvalue weighted by Gasteiger charge is -2.38. The van der Waals surface area contributed by atoms with Crippen LogP contribution in [0.25, 0.3) is 0 Å². The van der Waals surface area contributed by atoms with E-state index in [-0.39, 0.29) is 5.97 Å². The molecule has 17 heavy (non-hydrogen) atoms. The maximum Gasteiger partial charge on any atom is 0.335 e. The molecule has 0 aromatic rings. The number of carbonyl (C=O) groups is 1. The average molecular weight is 229 g/mol. The molecule has 88 valence electrons. The smallest absolute Gasteiger partial charge is 0.335 e. The zero-order valence-corrected chi connectivity index (χ0v) is 9.85. The van der Waals surface area contributed by atoms with Crippen molar-refractivity contribution >= 4 is 5.97 Å². The quantitative estimate of drug-likeness (QED) is 0.645. The van der Waals surface area contributed by atoms with Crippen LogP contribution < -0.4 is 0 Å². The average Bonchev–Trinajstić information content (AvgIpc) is 2.38. The van der Waals surface area contributed by atoms with E-state index in [1.807, 2.05) is 6.20 Å². The highest BCUT2D eigenvalue weighted by Crippen LogP contribution is 2.39. The molecule has 1 aliphatic carbocycles. The van der Waals surface area contributed by atoms with E-state index in [0.717, 1.165) is 25.0 Å². The molecule has 3 nitrogen and oxygen atoms in total. The molecule has 0 saturated heterocycles. The monoisotopic (exact) mass is 229 g/mol. The summed E-state index contributed by atoms with van der Waals surface area (Å²) in [6, 6.07) is 0. The van der Waals surface area contributed by atoms with Gasteiger partial charge in [0.1, 0.15) is 0 Å². The molecule has 2 heterocycles. The lowest BCUT2D eigenvalue weighted by atomic mass is 9.82. The van der Waals surface area contributed by atoms with E-state index in [4.69, 9.17) is 4.74 Å². The zero-order valence-electron chi connectivity index (χ0n) is 9.85. The van der Waals surface area contributed by atoms with Crippen molar-refractivity contribution < 1.29 is 9.53 Å². The lowest BCUT2D eigenvalue weighted by Crippen LogP contribution is -2.33. The minimum absolute atomic E-state index is 0.199. The van der Waals surface area contributed by atoms with Crippen LogP contribution in [0, 0.1) is 5.92 Å². The molecule has 0 N–H and O–H groups in total. The standard InChI is InChI=1S/C14H15NO2/c1-17-14(16)12-8-11-5-2-4-10-6-3-7-15(9-12)13(10)11/h2-4,6,9,11H,5,7-8H2,1H3. The first-order valence-corrected chi connectivity index (χ1v) is 5.92. The van der Waals surface area contributed by atoms with Gasteiger partial charge in [0, 0.05) is 24.4 Å². The molecule has 3 aliphatic rings. The molecular weight excluding hydrogens is 214 g/mol. The summed E-state index contributed by atoms with van der Waals surface area (Å²) in [7, 11) is 1.44. The van der Waals surface area contributed by atoms with Crippen LogP contribution in [0.1, 0.15) is 12.8 Å². The highest BCUT2D eigenvalue weighted by Gasteiger charge is 2.31. The van der Waals surface area contributed by atoms with Gasteiger partial charge in [0.25, 0.3) is 0 Å². The number of hydrogen-bond donors (Lipinski definition) is 0. The van der Waals surface area contributed by atoms with Crippen molar-refractivity contribution in [2.45, 2.75) is 12.8 Å². The molecule has 3 heteroatoms. The van der Waals surface area contributed by atoms with Crippen LogP contribution in [-0.2, 0) is 9.53 Å². The summed E-state index contributed by atoms with van der Waals surface area (Å²) in [5, 5.41) is 0. The number of esters is 1. The third-order valence-electron chi connectivity index (χ3n) is 3.53. The van der Waals surface area contributed by atoms with Crippen molar-refractivity contribution in [1.29, 1.82) is 0 Å². The first kappa shape index (κ1) is 10.4. The molecule has 0 amide bonds. The lowest BCUT2D eigenvalue weighted by molar-refractivity contribution is -0.136. The topological polar surface area (TPSA) is 29.5 Å². The van der Waals surface area contributed by atoms with Crippen molar-refractivity contribution in [1.82, 2.24) is 4.90 Å². The summed E-state index contributed by atoms with van der Waals surface area (Å²) in [6.07, 6.45) is 12.4. The fourth-order valence-electron chi connectivity index (χ4n) is 2.80. The summed E-state index contributed by atoms with van der Waals surface area (Å²) in [6.45, 7) is 0.851. The Bertz CT molecular complexity index is 478. The molecule has 0 bridgehead atoms. The van der Waals surface area contributed by atoms with Crippen LogP contribution in [0.5, 0.6) is 0 Å². The molecule has 1 unspecified atom stereocenters. The largest absolute Gasteiger partial charge is 0.466 e. The van der Waals surface area contributed by atoms with Crippen molar-refractivity contribution in [3.05, 3.63) is 47.3 Å². The number of ether oxygens (including phenoxy) is 1. The fraction of sp³-hybridized carbons (Fsp3) is 0.357. The van der Waals surface area contributed by atoms with Gasteiger partial charge in [-0.3, -0.25) is 0 Å². The molecule has 2 aliphatic heterocycles. The van der Waals surface area contributed by atoms with E-state index < -0.39 is 0 Å². The normalized spacial score (nSPS) is 25.6. The Labute approximate surface area is 101 Å². The first-order valence-electron chi connectivity index (χ1n) is 5.92. The van der Waals surface area contributed by atoms with Crippen LogP contribution in [0.2, 0.25) is 0 Å². The Balaban J connectivity index is 2.01. The van der Waals surface area contributed by atoms with E-state index in [2.05, 4.69) is 29.2 Å². The van der Waals surface area contributed by atoms with Crippen molar-refractivity contribution in [3.8, 4) is 0 Å². The van der Waals surface area contributed by atoms with Crippen LogP contribution in [0.15, 0.2) is 47.3 Å². The van der Waals surface area contributed by atoms with Crippen LogP contribution in [0.3, 0.4) is 0 Å². The summed E-state index contributed by atoms with van der Waals surface area (Å²) >= 11 is 0. The fourth-order valence-corrected chi connectivity index (χ4v) is 2.80. The third-order valence-corrected chi connectivity index (χ3v) is 3.53. The van der Waals surface area contributed by atoms with Gasteiger partial charge in [-0.25, -0.2) is 4.79 Å². The number of methoxy groups -OCH3 is 1. The van der Waals surface area contributed by atoms with E-state index in [1.165, 1.54) is 18.4 Å². The molecule has 0 aromatic carbocycles. The van der Waals surface area contributed by atoms with Gasteiger partial charge in [-0.2, -0.15) is 0 Å². The predicted molar refractivity (Wildman–Crippen MR) is 64.8 cm³/mol. The van der Waals surface area contributed by atoms with Gasteiger partial charge >= 0.3 is 5.97 Å². The van der Waals surface area contributed by atoms with E-state index in [9.17, 15) is 4.79 Å².